The Kier molecular flexibility index (Phi) is 2.83. The van der Waals surface area contributed by atoms with Crippen LogP contribution in [0.15, 0.2) is 42.5 Å². The van der Waals surface area contributed by atoms with Crippen molar-refractivity contribution in [3.8, 4) is 0 Å². The Labute approximate surface area is 116 Å². The molecule has 2 aromatic carbocycles. The molecule has 1 aromatic heterocycles. The molecule has 0 atom stereocenters. The van der Waals surface area contributed by atoms with Gasteiger partial charge < -0.3 is 5.11 Å². The number of pyridine rings is 1. The Morgan fingerprint density at radius 3 is 2.43 bits per heavy atom. The van der Waals surface area contributed by atoms with E-state index >= 15 is 0 Å². The fourth-order valence-corrected chi connectivity index (χ4v) is 2.28. The molecule has 0 radical (unpaired) electrons. The lowest BCUT2D eigenvalue weighted by Gasteiger charge is -2.11. The fraction of sp³-hybridized carbons (Fsp3) is 0.0667. The maximum absolute atomic E-state index is 12.9. The zero-order chi connectivity index (χ0) is 15.2. The molecule has 0 saturated carbocycles. The Morgan fingerprint density at radius 1 is 1.05 bits per heavy atom. The first-order chi connectivity index (χ1) is 9.88. The first-order valence-corrected chi connectivity index (χ1v) is 6.01. The van der Waals surface area contributed by atoms with E-state index in [1.54, 1.807) is 30.3 Å². The van der Waals surface area contributed by atoms with Crippen LogP contribution in [0.5, 0.6) is 0 Å². The van der Waals surface area contributed by atoms with E-state index in [0.29, 0.717) is 16.8 Å². The van der Waals surface area contributed by atoms with Gasteiger partial charge in [0.15, 0.2) is 0 Å². The summed E-state index contributed by atoms with van der Waals surface area (Å²) < 4.78 is 38.7. The van der Waals surface area contributed by atoms with Gasteiger partial charge in [-0.3, -0.25) is 0 Å². The average Bonchev–Trinajstić information content (AvgIpc) is 2.44. The van der Waals surface area contributed by atoms with E-state index in [4.69, 9.17) is 5.11 Å². The number of carboxylic acids is 1. The van der Waals surface area contributed by atoms with E-state index in [-0.39, 0.29) is 10.9 Å². The Balaban J connectivity index is 2.51. The predicted molar refractivity (Wildman–Crippen MR) is 71.2 cm³/mol. The molecule has 0 saturated heterocycles. The summed E-state index contributed by atoms with van der Waals surface area (Å²) in [5.74, 6) is -1.41. The van der Waals surface area contributed by atoms with E-state index in [9.17, 15) is 18.0 Å². The summed E-state index contributed by atoms with van der Waals surface area (Å²) in [7, 11) is 0. The highest BCUT2D eigenvalue weighted by molar-refractivity contribution is 6.12. The molecule has 1 heterocycles. The van der Waals surface area contributed by atoms with Gasteiger partial charge in [-0.15, -0.1) is 0 Å². The second-order valence-electron chi connectivity index (χ2n) is 4.54. The number of aromatic carboxylic acids is 1. The number of fused-ring (bicyclic) bond motifs is 3. The highest BCUT2D eigenvalue weighted by atomic mass is 19.4. The van der Waals surface area contributed by atoms with Crippen molar-refractivity contribution in [3.05, 3.63) is 53.7 Å². The van der Waals surface area contributed by atoms with Crippen LogP contribution in [0.3, 0.4) is 0 Å². The number of hydrogen-bond acceptors (Lipinski definition) is 2. The summed E-state index contributed by atoms with van der Waals surface area (Å²) in [5, 5.41) is 10.5. The number of carbonyl (C=O) groups is 1. The van der Waals surface area contributed by atoms with Gasteiger partial charge in [0.1, 0.15) is 5.69 Å². The van der Waals surface area contributed by atoms with E-state index in [2.05, 4.69) is 4.98 Å². The van der Waals surface area contributed by atoms with Crippen LogP contribution in [0.2, 0.25) is 0 Å². The number of rotatable bonds is 1. The molecule has 6 heteroatoms. The molecule has 0 aliphatic carbocycles. The molecule has 21 heavy (non-hydrogen) atoms. The number of hydrogen-bond donors (Lipinski definition) is 1. The molecule has 1 N–H and O–H groups in total. The van der Waals surface area contributed by atoms with Crippen molar-refractivity contribution in [1.29, 1.82) is 0 Å². The SMILES string of the molecule is O=C(O)c1cc(C(F)(F)F)nc2c1ccc1ccccc12. The zero-order valence-corrected chi connectivity index (χ0v) is 10.5. The smallest absolute Gasteiger partial charge is 0.433 e. The molecular formula is C15H8F3NO2. The molecule has 0 amide bonds. The number of carboxylic acid groups (broad SMARTS) is 1. The van der Waals surface area contributed by atoms with Crippen LogP contribution < -0.4 is 0 Å². The standard InChI is InChI=1S/C15H8F3NO2/c16-15(17,18)12-7-11(14(20)21)10-6-5-8-3-1-2-4-9(8)13(10)19-12/h1-7H,(H,20,21). The van der Waals surface area contributed by atoms with Gasteiger partial charge in [-0.1, -0.05) is 36.4 Å². The van der Waals surface area contributed by atoms with Crippen LogP contribution >= 0.6 is 0 Å². The van der Waals surface area contributed by atoms with Gasteiger partial charge in [-0.05, 0) is 11.5 Å². The van der Waals surface area contributed by atoms with Gasteiger partial charge in [0.2, 0.25) is 0 Å². The third-order valence-electron chi connectivity index (χ3n) is 3.22. The Hall–Kier alpha value is -2.63. The van der Waals surface area contributed by atoms with Gasteiger partial charge in [0.05, 0.1) is 11.1 Å². The van der Waals surface area contributed by atoms with Crippen LogP contribution in [0.4, 0.5) is 13.2 Å². The highest BCUT2D eigenvalue weighted by Crippen LogP contribution is 2.33. The molecule has 0 spiro atoms. The van der Waals surface area contributed by atoms with E-state index in [1.807, 2.05) is 0 Å². The minimum Gasteiger partial charge on any atom is -0.478 e. The summed E-state index contributed by atoms with van der Waals surface area (Å²) in [6.07, 6.45) is -4.70. The van der Waals surface area contributed by atoms with Gasteiger partial charge in [-0.2, -0.15) is 13.2 Å². The molecule has 0 bridgehead atoms. The van der Waals surface area contributed by atoms with Crippen LogP contribution in [0, 0.1) is 0 Å². The third kappa shape index (κ3) is 2.18. The van der Waals surface area contributed by atoms with Gasteiger partial charge in [0, 0.05) is 10.8 Å². The first-order valence-electron chi connectivity index (χ1n) is 6.01. The summed E-state index contributed by atoms with van der Waals surface area (Å²) in [4.78, 5) is 14.9. The fourth-order valence-electron chi connectivity index (χ4n) is 2.28. The van der Waals surface area contributed by atoms with Crippen molar-refractivity contribution < 1.29 is 23.1 Å². The lowest BCUT2D eigenvalue weighted by atomic mass is 10.0. The van der Waals surface area contributed by atoms with Crippen molar-refractivity contribution in [2.24, 2.45) is 0 Å². The molecule has 0 aliphatic rings. The highest BCUT2D eigenvalue weighted by Gasteiger charge is 2.34. The van der Waals surface area contributed by atoms with Gasteiger partial charge in [0.25, 0.3) is 0 Å². The monoisotopic (exact) mass is 291 g/mol. The van der Waals surface area contributed by atoms with E-state index in [1.165, 1.54) is 6.07 Å². The maximum atomic E-state index is 12.9. The maximum Gasteiger partial charge on any atom is 0.433 e. The summed E-state index contributed by atoms with van der Waals surface area (Å²) in [5.41, 5.74) is -1.57. The topological polar surface area (TPSA) is 50.2 Å². The van der Waals surface area contributed by atoms with Crippen LogP contribution in [0.1, 0.15) is 16.1 Å². The molecule has 3 aromatic rings. The lowest BCUT2D eigenvalue weighted by molar-refractivity contribution is -0.140. The Bertz CT molecular complexity index is 872. The van der Waals surface area contributed by atoms with Gasteiger partial charge >= 0.3 is 12.1 Å². The molecule has 0 fully saturated rings. The largest absolute Gasteiger partial charge is 0.478 e. The normalized spacial score (nSPS) is 12.0. The van der Waals surface area contributed by atoms with Gasteiger partial charge in [-0.25, -0.2) is 9.78 Å². The molecule has 3 nitrogen and oxygen atoms in total. The summed E-state index contributed by atoms with van der Waals surface area (Å²) >= 11 is 0. The van der Waals surface area contributed by atoms with Crippen molar-refractivity contribution in [3.63, 3.8) is 0 Å². The van der Waals surface area contributed by atoms with Crippen LogP contribution in [0.25, 0.3) is 21.7 Å². The molecule has 106 valence electrons. The van der Waals surface area contributed by atoms with Crippen molar-refractivity contribution in [2.75, 3.05) is 0 Å². The predicted octanol–water partition coefficient (Wildman–Crippen LogP) is 4.11. The molecule has 3 rings (SSSR count). The summed E-state index contributed by atoms with van der Waals surface area (Å²) in [6, 6.07) is 10.5. The molecule has 0 aliphatic heterocycles. The minimum atomic E-state index is -4.70. The van der Waals surface area contributed by atoms with Crippen molar-refractivity contribution in [2.45, 2.75) is 6.18 Å². The second-order valence-corrected chi connectivity index (χ2v) is 4.54. The molecular weight excluding hydrogens is 283 g/mol. The average molecular weight is 291 g/mol. The first kappa shape index (κ1) is 13.4. The lowest BCUT2D eigenvalue weighted by Crippen LogP contribution is -2.11. The van der Waals surface area contributed by atoms with Crippen LogP contribution in [-0.4, -0.2) is 16.1 Å². The van der Waals surface area contributed by atoms with Crippen molar-refractivity contribution in [1.82, 2.24) is 4.98 Å². The quantitative estimate of drug-likeness (QED) is 0.686. The van der Waals surface area contributed by atoms with Crippen molar-refractivity contribution >= 4 is 27.6 Å². The summed E-state index contributed by atoms with van der Waals surface area (Å²) in [6.45, 7) is 0. The van der Waals surface area contributed by atoms with Crippen LogP contribution in [-0.2, 0) is 6.18 Å². The number of alkyl halides is 3. The third-order valence-corrected chi connectivity index (χ3v) is 3.22. The number of halogens is 3. The van der Waals surface area contributed by atoms with E-state index in [0.717, 1.165) is 0 Å². The minimum absolute atomic E-state index is 0.0420. The number of aromatic nitrogens is 1. The van der Waals surface area contributed by atoms with E-state index < -0.39 is 23.4 Å². The Morgan fingerprint density at radius 2 is 1.76 bits per heavy atom. The second kappa shape index (κ2) is 4.44. The molecule has 0 unspecified atom stereocenters. The number of benzene rings is 2. The number of nitrogens with zero attached hydrogens (tertiary/aromatic N) is 1. The zero-order valence-electron chi connectivity index (χ0n) is 10.5.